The summed E-state index contributed by atoms with van der Waals surface area (Å²) in [6.45, 7) is 1.59. The van der Waals surface area contributed by atoms with Crippen molar-refractivity contribution in [3.05, 3.63) is 133 Å². The predicted octanol–water partition coefficient (Wildman–Crippen LogP) is 7.79. The lowest BCUT2D eigenvalue weighted by molar-refractivity contribution is 0.0600. The molecule has 0 bridgehead atoms. The molecule has 6 aromatic rings. The average Bonchev–Trinajstić information content (AvgIpc) is 3.00. The van der Waals surface area contributed by atoms with Gasteiger partial charge in [0.25, 0.3) is 0 Å². The fraction of sp³-hybridized carbons (Fsp3) is 0.0588. The van der Waals surface area contributed by atoms with Crippen molar-refractivity contribution in [1.29, 1.82) is 0 Å². The van der Waals surface area contributed by atoms with Gasteiger partial charge in [-0.1, -0.05) is 54.6 Å². The molecule has 0 saturated carbocycles. The minimum Gasteiger partial charge on any atom is -0.465 e. The minimum atomic E-state index is -0.316. The molecular weight excluding hydrogens is 484 g/mol. The molecule has 0 aliphatic rings. The normalized spacial score (nSPS) is 10.5. The number of hydrogen-bond acceptors (Lipinski definition) is 5. The number of rotatable bonds is 4. The second kappa shape index (κ2) is 11.5. The fourth-order valence-corrected chi connectivity index (χ4v) is 4.38. The highest BCUT2D eigenvalue weighted by molar-refractivity contribution is 5.99. The molecule has 5 nitrogen and oxygen atoms in total. The van der Waals surface area contributed by atoms with Crippen molar-refractivity contribution < 1.29 is 14.3 Å². The molecule has 0 saturated heterocycles. The van der Waals surface area contributed by atoms with Crippen LogP contribution in [0.1, 0.15) is 27.6 Å². The Hall–Kier alpha value is -5.16. The second-order valence-electron chi connectivity index (χ2n) is 9.08. The standard InChI is InChI=1S/C17H13NO2.C17H13NO/c1-20-17(19)15-7-6-12-9-14(5-4-13(12)10-15)16-3-2-8-18-11-16;1-12(19)13-4-5-15-10-16(7-6-14(15)9-13)17-3-2-8-18-11-17/h2-11H,1H3;2-11H,1H3. The lowest BCUT2D eigenvalue weighted by Crippen LogP contribution is -2.00. The summed E-state index contributed by atoms with van der Waals surface area (Å²) in [5.41, 5.74) is 5.73. The molecule has 39 heavy (non-hydrogen) atoms. The molecule has 6 rings (SSSR count). The van der Waals surface area contributed by atoms with Gasteiger partial charge in [0, 0.05) is 41.5 Å². The molecule has 0 fully saturated rings. The monoisotopic (exact) mass is 510 g/mol. The lowest BCUT2D eigenvalue weighted by atomic mass is 10.00. The van der Waals surface area contributed by atoms with Crippen LogP contribution in [0.5, 0.6) is 0 Å². The SMILES string of the molecule is CC(=O)c1ccc2cc(-c3cccnc3)ccc2c1.COC(=O)c1ccc2cc(-c3cccnc3)ccc2c1. The van der Waals surface area contributed by atoms with E-state index in [2.05, 4.69) is 28.2 Å². The van der Waals surface area contributed by atoms with Crippen molar-refractivity contribution in [2.24, 2.45) is 0 Å². The lowest BCUT2D eigenvalue weighted by Gasteiger charge is -2.05. The van der Waals surface area contributed by atoms with Crippen molar-refractivity contribution in [3.63, 3.8) is 0 Å². The molecule has 0 aliphatic heterocycles. The molecule has 0 unspecified atom stereocenters. The third-order valence-electron chi connectivity index (χ3n) is 6.50. The van der Waals surface area contributed by atoms with Gasteiger partial charge in [0.2, 0.25) is 0 Å². The quantitative estimate of drug-likeness (QED) is 0.179. The zero-order valence-corrected chi connectivity index (χ0v) is 21.7. The van der Waals surface area contributed by atoms with E-state index in [9.17, 15) is 9.59 Å². The van der Waals surface area contributed by atoms with Crippen molar-refractivity contribution in [2.75, 3.05) is 7.11 Å². The average molecular weight is 511 g/mol. The van der Waals surface area contributed by atoms with Crippen LogP contribution in [0.3, 0.4) is 0 Å². The van der Waals surface area contributed by atoms with E-state index in [4.69, 9.17) is 4.74 Å². The maximum atomic E-state index is 11.5. The van der Waals surface area contributed by atoms with Crippen molar-refractivity contribution in [1.82, 2.24) is 9.97 Å². The summed E-state index contributed by atoms with van der Waals surface area (Å²) in [4.78, 5) is 31.1. The van der Waals surface area contributed by atoms with Crippen molar-refractivity contribution >= 4 is 33.3 Å². The van der Waals surface area contributed by atoms with E-state index in [1.54, 1.807) is 25.4 Å². The summed E-state index contributed by atoms with van der Waals surface area (Å²) < 4.78 is 4.73. The Labute approximate surface area is 226 Å². The van der Waals surface area contributed by atoms with Gasteiger partial charge in [0.15, 0.2) is 5.78 Å². The van der Waals surface area contributed by atoms with Gasteiger partial charge < -0.3 is 4.74 Å². The van der Waals surface area contributed by atoms with Gasteiger partial charge >= 0.3 is 5.97 Å². The molecule has 5 heteroatoms. The number of carbonyl (C=O) groups excluding carboxylic acids is 2. The number of hydrogen-bond donors (Lipinski definition) is 0. The highest BCUT2D eigenvalue weighted by Crippen LogP contribution is 2.26. The predicted molar refractivity (Wildman–Crippen MR) is 156 cm³/mol. The van der Waals surface area contributed by atoms with E-state index in [0.29, 0.717) is 5.56 Å². The summed E-state index contributed by atoms with van der Waals surface area (Å²) in [6.07, 6.45) is 7.21. The van der Waals surface area contributed by atoms with E-state index >= 15 is 0 Å². The first-order valence-corrected chi connectivity index (χ1v) is 12.5. The molecule has 4 aromatic carbocycles. The number of Topliss-reactive ketones (excluding diaryl/α,β-unsaturated/α-hetero) is 1. The largest absolute Gasteiger partial charge is 0.465 e. The number of carbonyl (C=O) groups is 2. The van der Waals surface area contributed by atoms with E-state index in [-0.39, 0.29) is 11.8 Å². The Balaban J connectivity index is 0.000000158. The van der Waals surface area contributed by atoms with E-state index in [1.807, 2.05) is 85.2 Å². The van der Waals surface area contributed by atoms with Crippen LogP contribution >= 0.6 is 0 Å². The number of methoxy groups -OCH3 is 1. The van der Waals surface area contributed by atoms with Gasteiger partial charge in [-0.05, 0) is 82.1 Å². The van der Waals surface area contributed by atoms with Gasteiger partial charge in [-0.2, -0.15) is 0 Å². The maximum absolute atomic E-state index is 11.5. The summed E-state index contributed by atoms with van der Waals surface area (Å²) >= 11 is 0. The summed E-state index contributed by atoms with van der Waals surface area (Å²) in [5, 5.41) is 4.31. The first kappa shape index (κ1) is 25.5. The smallest absolute Gasteiger partial charge is 0.337 e. The number of esters is 1. The zero-order valence-electron chi connectivity index (χ0n) is 21.7. The molecule has 0 spiro atoms. The first-order valence-electron chi connectivity index (χ1n) is 12.5. The Kier molecular flexibility index (Phi) is 7.51. The van der Waals surface area contributed by atoms with Crippen LogP contribution in [0.4, 0.5) is 0 Å². The maximum Gasteiger partial charge on any atom is 0.337 e. The van der Waals surface area contributed by atoms with Gasteiger partial charge in [-0.3, -0.25) is 14.8 Å². The third kappa shape index (κ3) is 5.89. The topological polar surface area (TPSA) is 69.2 Å². The molecule has 0 aliphatic carbocycles. The molecule has 0 N–H and O–H groups in total. The minimum absolute atomic E-state index is 0.0956. The summed E-state index contributed by atoms with van der Waals surface area (Å²) in [7, 11) is 1.39. The van der Waals surface area contributed by atoms with Crippen molar-refractivity contribution in [2.45, 2.75) is 6.92 Å². The second-order valence-corrected chi connectivity index (χ2v) is 9.08. The number of nitrogens with zero attached hydrogens (tertiary/aromatic N) is 2. The molecule has 0 atom stereocenters. The summed E-state index contributed by atoms with van der Waals surface area (Å²) in [6, 6.07) is 31.6. The van der Waals surface area contributed by atoms with E-state index in [1.165, 1.54) is 7.11 Å². The molecule has 2 aromatic heterocycles. The highest BCUT2D eigenvalue weighted by atomic mass is 16.5. The Morgan fingerprint density at radius 2 is 1.03 bits per heavy atom. The van der Waals surface area contributed by atoms with Crippen LogP contribution < -0.4 is 0 Å². The van der Waals surface area contributed by atoms with Gasteiger partial charge in [0.1, 0.15) is 0 Å². The van der Waals surface area contributed by atoms with Crippen LogP contribution in [0, 0.1) is 0 Å². The molecular formula is C34H26N2O3. The molecule has 2 heterocycles. The summed E-state index contributed by atoms with van der Waals surface area (Å²) in [5.74, 6) is -0.221. The van der Waals surface area contributed by atoms with Crippen LogP contribution in [-0.2, 0) is 4.74 Å². The fourth-order valence-electron chi connectivity index (χ4n) is 4.38. The Morgan fingerprint density at radius 1 is 0.564 bits per heavy atom. The van der Waals surface area contributed by atoms with Crippen LogP contribution in [0.15, 0.2) is 122 Å². The van der Waals surface area contributed by atoms with Crippen LogP contribution in [0.25, 0.3) is 43.8 Å². The number of pyridine rings is 2. The van der Waals surface area contributed by atoms with Crippen molar-refractivity contribution in [3.8, 4) is 22.3 Å². The van der Waals surface area contributed by atoms with Gasteiger partial charge in [0.05, 0.1) is 12.7 Å². The Morgan fingerprint density at radius 3 is 1.49 bits per heavy atom. The zero-order chi connectivity index (χ0) is 27.2. The van der Waals surface area contributed by atoms with E-state index in [0.717, 1.165) is 49.4 Å². The van der Waals surface area contributed by atoms with Gasteiger partial charge in [-0.25, -0.2) is 4.79 Å². The molecule has 0 amide bonds. The number of ketones is 1. The number of aromatic nitrogens is 2. The highest BCUT2D eigenvalue weighted by Gasteiger charge is 2.07. The van der Waals surface area contributed by atoms with Crippen LogP contribution in [0.2, 0.25) is 0 Å². The Bertz CT molecular complexity index is 1780. The molecule has 0 radical (unpaired) electrons. The van der Waals surface area contributed by atoms with E-state index < -0.39 is 0 Å². The number of benzene rings is 4. The molecule has 190 valence electrons. The van der Waals surface area contributed by atoms with Crippen LogP contribution in [-0.4, -0.2) is 28.8 Å². The van der Waals surface area contributed by atoms with Gasteiger partial charge in [-0.15, -0.1) is 0 Å². The number of ether oxygens (including phenoxy) is 1. The number of fused-ring (bicyclic) bond motifs is 2. The first-order chi connectivity index (χ1) is 19.0. The third-order valence-corrected chi connectivity index (χ3v) is 6.50.